The van der Waals surface area contributed by atoms with Gasteiger partial charge in [0, 0.05) is 0 Å². The van der Waals surface area contributed by atoms with Crippen LogP contribution in [-0.4, -0.2) is 31.9 Å². The molecule has 18 heavy (non-hydrogen) atoms. The largest absolute Gasteiger partial charge is 0.500 e. The monoisotopic (exact) mass is 319 g/mol. The van der Waals surface area contributed by atoms with E-state index in [2.05, 4.69) is 0 Å². The van der Waals surface area contributed by atoms with Gasteiger partial charge in [0.05, 0.1) is 0 Å². The molecule has 0 saturated heterocycles. The van der Waals surface area contributed by atoms with E-state index < -0.39 is 41.7 Å². The summed E-state index contributed by atoms with van der Waals surface area (Å²) < 4.78 is 111. The fraction of sp³-hybridized carbons (Fsp3) is 0.800. The Balaban J connectivity index is 6.48. The number of hydrogen-bond acceptors (Lipinski definition) is 5. The minimum Gasteiger partial charge on any atom is -0.217 e. The highest BCUT2D eigenvalue weighted by molar-refractivity contribution is 8.11. The van der Waals surface area contributed by atoms with Gasteiger partial charge in [0.1, 0.15) is 6.07 Å². The predicted octanol–water partition coefficient (Wildman–Crippen LogP) is 1.10. The summed E-state index contributed by atoms with van der Waals surface area (Å²) in [6.07, 6.45) is 0. The van der Waals surface area contributed by atoms with Crippen molar-refractivity contribution in [2.24, 2.45) is 0 Å². The van der Waals surface area contributed by atoms with Gasteiger partial charge in [0.2, 0.25) is 0 Å². The average Bonchev–Trinajstić information content (AvgIpc) is 2.12. The van der Waals surface area contributed by atoms with Crippen LogP contribution in [0.25, 0.3) is 0 Å². The molecule has 0 unspecified atom stereocenters. The zero-order valence-electron chi connectivity index (χ0n) is 8.16. The van der Waals surface area contributed by atoms with E-state index in [1.807, 2.05) is 0 Å². The topological polar surface area (TPSA) is 92.1 Å². The SMILES string of the molecule is CC(C#N)(S(=O)(=O)C(F)(F)F)S(=O)(=O)C(F)(F)F. The number of nitrogens with zero attached hydrogens (tertiary/aromatic N) is 1. The van der Waals surface area contributed by atoms with Gasteiger partial charge in [-0.1, -0.05) is 0 Å². The summed E-state index contributed by atoms with van der Waals surface area (Å²) >= 11 is 0. The van der Waals surface area contributed by atoms with Gasteiger partial charge >= 0.3 is 11.0 Å². The fourth-order valence-electron chi connectivity index (χ4n) is 0.706. The van der Waals surface area contributed by atoms with Gasteiger partial charge < -0.3 is 0 Å². The molecule has 0 bridgehead atoms. The van der Waals surface area contributed by atoms with Gasteiger partial charge in [-0.15, -0.1) is 0 Å². The third-order valence-corrected chi connectivity index (χ3v) is 6.61. The van der Waals surface area contributed by atoms with E-state index >= 15 is 0 Å². The Morgan fingerprint density at radius 2 is 1.06 bits per heavy atom. The molecule has 0 heterocycles. The minimum absolute atomic E-state index is 0.0562. The Kier molecular flexibility index (Phi) is 3.76. The summed E-state index contributed by atoms with van der Waals surface area (Å²) in [5.41, 5.74) is -12.6. The third kappa shape index (κ3) is 2.03. The number of halogens is 6. The summed E-state index contributed by atoms with van der Waals surface area (Å²) in [6, 6.07) is 0.0562. The molecule has 5 nitrogen and oxygen atoms in total. The van der Waals surface area contributed by atoms with Crippen LogP contribution >= 0.6 is 0 Å². The zero-order valence-corrected chi connectivity index (χ0v) is 9.80. The van der Waals surface area contributed by atoms with Crippen molar-refractivity contribution in [2.45, 2.75) is 22.0 Å². The van der Waals surface area contributed by atoms with Gasteiger partial charge in [0.15, 0.2) is 0 Å². The molecule has 0 aromatic rings. The van der Waals surface area contributed by atoms with Crippen LogP contribution in [0.2, 0.25) is 0 Å². The van der Waals surface area contributed by atoms with Crippen molar-refractivity contribution in [2.75, 3.05) is 0 Å². The summed E-state index contributed by atoms with van der Waals surface area (Å²) in [5, 5.41) is 8.17. The van der Waals surface area contributed by atoms with Gasteiger partial charge in [-0.3, -0.25) is 0 Å². The molecule has 0 aliphatic heterocycles. The molecule has 0 N–H and O–H groups in total. The first-order valence-electron chi connectivity index (χ1n) is 3.59. The molecule has 0 aromatic carbocycles. The molecular weight excluding hydrogens is 316 g/mol. The Morgan fingerprint density at radius 3 is 1.17 bits per heavy atom. The Morgan fingerprint density at radius 1 is 0.833 bits per heavy atom. The standard InChI is InChI=1S/C5H3F6NO4S2/c1-3(2-12,17(13,14)4(6,7)8)18(15,16)5(9,10)11/h1H3. The van der Waals surface area contributed by atoms with Crippen molar-refractivity contribution in [1.82, 2.24) is 0 Å². The van der Waals surface area contributed by atoms with Crippen molar-refractivity contribution < 1.29 is 43.2 Å². The second-order valence-electron chi connectivity index (χ2n) is 2.96. The van der Waals surface area contributed by atoms with Crippen molar-refractivity contribution in [3.8, 4) is 6.07 Å². The van der Waals surface area contributed by atoms with Crippen LogP contribution in [0.1, 0.15) is 6.92 Å². The van der Waals surface area contributed by atoms with Crippen LogP contribution in [-0.2, 0) is 19.7 Å². The van der Waals surface area contributed by atoms with E-state index in [-0.39, 0.29) is 6.07 Å². The van der Waals surface area contributed by atoms with Crippen molar-refractivity contribution in [1.29, 1.82) is 5.26 Å². The molecule has 0 saturated carbocycles. The molecule has 0 amide bonds. The average molecular weight is 319 g/mol. The fourth-order valence-corrected chi connectivity index (χ4v) is 3.55. The van der Waals surface area contributed by atoms with E-state index in [9.17, 15) is 43.2 Å². The lowest BCUT2D eigenvalue weighted by Crippen LogP contribution is -2.53. The molecule has 13 heteroatoms. The summed E-state index contributed by atoms with van der Waals surface area (Å²) in [4.78, 5) is 0. The number of sulfone groups is 2. The van der Waals surface area contributed by atoms with E-state index in [0.29, 0.717) is 0 Å². The smallest absolute Gasteiger partial charge is 0.217 e. The van der Waals surface area contributed by atoms with Crippen molar-refractivity contribution in [3.05, 3.63) is 0 Å². The number of alkyl halides is 6. The van der Waals surface area contributed by atoms with Crippen LogP contribution in [0, 0.1) is 11.3 Å². The Labute approximate surface area is 96.8 Å². The molecule has 106 valence electrons. The van der Waals surface area contributed by atoms with Crippen LogP contribution in [0.15, 0.2) is 0 Å². The number of rotatable bonds is 2. The van der Waals surface area contributed by atoms with E-state index in [4.69, 9.17) is 5.26 Å². The van der Waals surface area contributed by atoms with E-state index in [1.54, 1.807) is 0 Å². The highest BCUT2D eigenvalue weighted by atomic mass is 32.3. The second-order valence-corrected chi connectivity index (χ2v) is 7.79. The van der Waals surface area contributed by atoms with Gasteiger partial charge in [-0.05, 0) is 6.92 Å². The third-order valence-electron chi connectivity index (χ3n) is 1.84. The molecule has 0 rings (SSSR count). The summed E-state index contributed by atoms with van der Waals surface area (Å²) in [7, 11) is -13.8. The predicted molar refractivity (Wildman–Crippen MR) is 44.0 cm³/mol. The van der Waals surface area contributed by atoms with Crippen molar-refractivity contribution >= 4 is 19.7 Å². The Hall–Kier alpha value is -1.03. The molecule has 0 aliphatic rings. The number of hydrogen-bond donors (Lipinski definition) is 0. The highest BCUT2D eigenvalue weighted by Crippen LogP contribution is 2.42. The first-order valence-corrected chi connectivity index (χ1v) is 6.56. The lowest BCUT2D eigenvalue weighted by Gasteiger charge is -2.24. The van der Waals surface area contributed by atoms with E-state index in [0.717, 1.165) is 0 Å². The Bertz CT molecular complexity index is 533. The second kappa shape index (κ2) is 3.98. The first-order chi connectivity index (χ1) is 7.56. The molecule has 0 aromatic heterocycles. The maximum Gasteiger partial charge on any atom is 0.500 e. The highest BCUT2D eigenvalue weighted by Gasteiger charge is 2.71. The normalized spacial score (nSPS) is 15.2. The zero-order chi connectivity index (χ0) is 15.2. The number of nitriles is 1. The van der Waals surface area contributed by atoms with Crippen LogP contribution in [0.3, 0.4) is 0 Å². The quantitative estimate of drug-likeness (QED) is 0.711. The van der Waals surface area contributed by atoms with Gasteiger partial charge in [-0.2, -0.15) is 31.6 Å². The summed E-state index contributed by atoms with van der Waals surface area (Å²) in [5.74, 6) is 0. The molecule has 0 radical (unpaired) electrons. The maximum absolute atomic E-state index is 12.1. The molecule has 0 aliphatic carbocycles. The molecular formula is C5H3F6NO4S2. The lowest BCUT2D eigenvalue weighted by atomic mass is 10.5. The summed E-state index contributed by atoms with van der Waals surface area (Å²) in [6.45, 7) is -0.474. The lowest BCUT2D eigenvalue weighted by molar-refractivity contribution is -0.0480. The van der Waals surface area contributed by atoms with Crippen LogP contribution < -0.4 is 0 Å². The van der Waals surface area contributed by atoms with Gasteiger partial charge in [0.25, 0.3) is 23.8 Å². The van der Waals surface area contributed by atoms with Crippen LogP contribution in [0.4, 0.5) is 26.3 Å². The van der Waals surface area contributed by atoms with E-state index in [1.165, 1.54) is 0 Å². The van der Waals surface area contributed by atoms with Crippen LogP contribution in [0.5, 0.6) is 0 Å². The first kappa shape index (κ1) is 17.0. The maximum atomic E-state index is 12.1. The van der Waals surface area contributed by atoms with Gasteiger partial charge in [-0.25, -0.2) is 16.8 Å². The molecule has 0 spiro atoms. The molecule has 0 fully saturated rings. The minimum atomic E-state index is -6.90. The molecule has 0 atom stereocenters. The van der Waals surface area contributed by atoms with Crippen molar-refractivity contribution in [3.63, 3.8) is 0 Å².